The molecule has 1 saturated heterocycles. The number of hydrogen-bond acceptors (Lipinski definition) is 2. The second-order valence-corrected chi connectivity index (χ2v) is 9.92. The molecule has 8 heteroatoms. The average Bonchev–Trinajstić information content (AvgIpc) is 3.34. The van der Waals surface area contributed by atoms with E-state index in [1.165, 1.54) is 31.4 Å². The highest BCUT2D eigenvalue weighted by Gasteiger charge is 2.44. The zero-order valence-electron chi connectivity index (χ0n) is 19.8. The summed E-state index contributed by atoms with van der Waals surface area (Å²) in [4.78, 5) is 6.96. The highest BCUT2D eigenvalue weighted by Crippen LogP contribution is 2.44. The molecular weight excluding hydrogens is 469 g/mol. The van der Waals surface area contributed by atoms with Gasteiger partial charge in [-0.05, 0) is 80.9 Å². The number of thiocarbonyl (C=S) groups is 1. The van der Waals surface area contributed by atoms with Crippen molar-refractivity contribution in [2.24, 2.45) is 0 Å². The second kappa shape index (κ2) is 9.30. The van der Waals surface area contributed by atoms with Crippen LogP contribution >= 0.6 is 12.2 Å². The van der Waals surface area contributed by atoms with Crippen molar-refractivity contribution in [3.8, 4) is 5.69 Å². The lowest BCUT2D eigenvalue weighted by Gasteiger charge is -2.37. The van der Waals surface area contributed by atoms with E-state index in [0.717, 1.165) is 46.7 Å². The first kappa shape index (κ1) is 23.9. The molecular formula is C27H29F3N4S. The van der Waals surface area contributed by atoms with Gasteiger partial charge in [-0.3, -0.25) is 4.98 Å². The lowest BCUT2D eigenvalue weighted by Crippen LogP contribution is -2.40. The van der Waals surface area contributed by atoms with E-state index < -0.39 is 11.7 Å². The van der Waals surface area contributed by atoms with Crippen LogP contribution in [0.1, 0.15) is 72.4 Å². The molecule has 1 aliphatic carbocycles. The van der Waals surface area contributed by atoms with E-state index in [4.69, 9.17) is 12.2 Å². The zero-order valence-corrected chi connectivity index (χ0v) is 20.7. The Morgan fingerprint density at radius 2 is 1.77 bits per heavy atom. The smallest absolute Gasteiger partial charge is 0.352 e. The first-order chi connectivity index (χ1) is 16.8. The summed E-state index contributed by atoms with van der Waals surface area (Å²) < 4.78 is 42.2. The SMILES string of the molecule is Cc1cc([C@@H]2[C@H](c3ccccn3)NC(=S)N2C2CCCCC2)c(C)n1-c1cccc(C(F)(F)F)c1. The van der Waals surface area contributed by atoms with Gasteiger partial charge in [0.25, 0.3) is 0 Å². The minimum Gasteiger partial charge on any atom is -0.352 e. The molecule has 35 heavy (non-hydrogen) atoms. The molecule has 1 N–H and O–H groups in total. The summed E-state index contributed by atoms with van der Waals surface area (Å²) >= 11 is 5.87. The molecule has 184 valence electrons. The molecule has 1 aromatic carbocycles. The molecule has 0 radical (unpaired) electrons. The fraction of sp³-hybridized carbons (Fsp3) is 0.407. The molecule has 3 heterocycles. The van der Waals surface area contributed by atoms with Gasteiger partial charge in [-0.25, -0.2) is 0 Å². The Morgan fingerprint density at radius 1 is 1.00 bits per heavy atom. The van der Waals surface area contributed by atoms with E-state index in [0.29, 0.717) is 11.7 Å². The lowest BCUT2D eigenvalue weighted by molar-refractivity contribution is -0.137. The van der Waals surface area contributed by atoms with Crippen LogP contribution in [0.3, 0.4) is 0 Å². The topological polar surface area (TPSA) is 33.1 Å². The largest absolute Gasteiger partial charge is 0.416 e. The Morgan fingerprint density at radius 3 is 2.46 bits per heavy atom. The van der Waals surface area contributed by atoms with Crippen LogP contribution in [-0.4, -0.2) is 25.6 Å². The second-order valence-electron chi connectivity index (χ2n) is 9.54. The summed E-state index contributed by atoms with van der Waals surface area (Å²) in [5.74, 6) is 0. The van der Waals surface area contributed by atoms with Crippen LogP contribution in [0.5, 0.6) is 0 Å². The molecule has 0 unspecified atom stereocenters. The zero-order chi connectivity index (χ0) is 24.7. The summed E-state index contributed by atoms with van der Waals surface area (Å²) in [5, 5.41) is 4.25. The highest BCUT2D eigenvalue weighted by molar-refractivity contribution is 7.80. The van der Waals surface area contributed by atoms with Crippen molar-refractivity contribution in [3.63, 3.8) is 0 Å². The number of nitrogens with zero attached hydrogens (tertiary/aromatic N) is 3. The van der Waals surface area contributed by atoms with Gasteiger partial charge in [-0.15, -0.1) is 0 Å². The molecule has 2 aliphatic rings. The summed E-state index contributed by atoms with van der Waals surface area (Å²) in [7, 11) is 0. The van der Waals surface area contributed by atoms with Crippen LogP contribution in [0.2, 0.25) is 0 Å². The summed E-state index contributed by atoms with van der Waals surface area (Å²) in [6.45, 7) is 3.93. The number of aromatic nitrogens is 2. The third kappa shape index (κ3) is 4.44. The molecule has 3 aromatic rings. The molecule has 1 saturated carbocycles. The fourth-order valence-electron chi connectivity index (χ4n) is 5.76. The van der Waals surface area contributed by atoms with Gasteiger partial charge in [-0.1, -0.05) is 31.4 Å². The number of rotatable bonds is 4. The molecule has 0 bridgehead atoms. The standard InChI is InChI=1S/C27H29F3N4S/c1-17-15-22(18(2)33(17)21-12-8-9-19(16-21)27(28,29)30)25-24(23-13-6-7-14-31-23)32-26(35)34(25)20-10-4-3-5-11-20/h6-9,12-16,20,24-25H,3-5,10-11H2,1-2H3,(H,32,35)/t24-,25+/m0/s1. The minimum absolute atomic E-state index is 0.0914. The Labute approximate surface area is 209 Å². The monoisotopic (exact) mass is 498 g/mol. The van der Waals surface area contributed by atoms with Crippen LogP contribution in [0.15, 0.2) is 54.7 Å². The fourth-order valence-corrected chi connectivity index (χ4v) is 6.15. The van der Waals surface area contributed by atoms with Gasteiger partial charge in [0.1, 0.15) is 0 Å². The predicted octanol–water partition coefficient (Wildman–Crippen LogP) is 6.81. The van der Waals surface area contributed by atoms with Crippen molar-refractivity contribution in [2.45, 2.75) is 70.3 Å². The number of aryl methyl sites for hydroxylation is 1. The van der Waals surface area contributed by atoms with Crippen molar-refractivity contribution in [1.82, 2.24) is 19.8 Å². The minimum atomic E-state index is -4.39. The number of alkyl halides is 3. The lowest BCUT2D eigenvalue weighted by atomic mass is 9.90. The maximum atomic E-state index is 13.4. The van der Waals surface area contributed by atoms with Crippen LogP contribution in [0, 0.1) is 13.8 Å². The van der Waals surface area contributed by atoms with Gasteiger partial charge < -0.3 is 14.8 Å². The van der Waals surface area contributed by atoms with Crippen LogP contribution < -0.4 is 5.32 Å². The number of hydrogen-bond donors (Lipinski definition) is 1. The van der Waals surface area contributed by atoms with Gasteiger partial charge in [0.05, 0.1) is 23.3 Å². The van der Waals surface area contributed by atoms with Gasteiger partial charge in [-0.2, -0.15) is 13.2 Å². The summed E-state index contributed by atoms with van der Waals surface area (Å²) in [5.41, 5.74) is 3.63. The highest BCUT2D eigenvalue weighted by atomic mass is 32.1. The first-order valence-electron chi connectivity index (χ1n) is 12.1. The van der Waals surface area contributed by atoms with Crippen molar-refractivity contribution < 1.29 is 13.2 Å². The maximum absolute atomic E-state index is 13.4. The van der Waals surface area contributed by atoms with Gasteiger partial charge in [0, 0.05) is 29.3 Å². The number of benzene rings is 1. The molecule has 0 amide bonds. The van der Waals surface area contributed by atoms with Crippen LogP contribution in [0.4, 0.5) is 13.2 Å². The molecule has 2 fully saturated rings. The van der Waals surface area contributed by atoms with Crippen molar-refractivity contribution in [2.75, 3.05) is 0 Å². The number of nitrogens with one attached hydrogen (secondary N) is 1. The van der Waals surface area contributed by atoms with E-state index in [1.54, 1.807) is 12.3 Å². The van der Waals surface area contributed by atoms with E-state index in [9.17, 15) is 13.2 Å². The molecule has 2 atom stereocenters. The van der Waals surface area contributed by atoms with Gasteiger partial charge in [0.15, 0.2) is 5.11 Å². The molecule has 2 aromatic heterocycles. The van der Waals surface area contributed by atoms with E-state index in [2.05, 4.69) is 21.3 Å². The summed E-state index contributed by atoms with van der Waals surface area (Å²) in [6, 6.07) is 13.6. The third-order valence-electron chi connectivity index (χ3n) is 7.32. The first-order valence-corrected chi connectivity index (χ1v) is 12.5. The number of pyridine rings is 1. The molecule has 4 nitrogen and oxygen atoms in total. The van der Waals surface area contributed by atoms with Crippen molar-refractivity contribution in [3.05, 3.63) is 82.9 Å². The van der Waals surface area contributed by atoms with E-state index in [1.807, 2.05) is 36.6 Å². The van der Waals surface area contributed by atoms with Crippen molar-refractivity contribution in [1.29, 1.82) is 0 Å². The maximum Gasteiger partial charge on any atom is 0.416 e. The Bertz CT molecular complexity index is 1210. The van der Waals surface area contributed by atoms with Crippen LogP contribution in [0.25, 0.3) is 5.69 Å². The van der Waals surface area contributed by atoms with E-state index in [-0.39, 0.29) is 12.1 Å². The normalized spacial score (nSPS) is 21.4. The number of halogens is 3. The summed E-state index contributed by atoms with van der Waals surface area (Å²) in [6.07, 6.45) is 3.15. The Balaban J connectivity index is 1.62. The Hall–Kier alpha value is -2.87. The predicted molar refractivity (Wildman–Crippen MR) is 134 cm³/mol. The van der Waals surface area contributed by atoms with Gasteiger partial charge in [0.2, 0.25) is 0 Å². The third-order valence-corrected chi connectivity index (χ3v) is 7.65. The van der Waals surface area contributed by atoms with Crippen LogP contribution in [-0.2, 0) is 6.18 Å². The molecule has 5 rings (SSSR count). The quantitative estimate of drug-likeness (QED) is 0.401. The van der Waals surface area contributed by atoms with Gasteiger partial charge >= 0.3 is 6.18 Å². The Kier molecular flexibility index (Phi) is 6.34. The van der Waals surface area contributed by atoms with Crippen molar-refractivity contribution >= 4 is 17.3 Å². The molecule has 1 aliphatic heterocycles. The average molecular weight is 499 g/mol. The molecule has 0 spiro atoms. The van der Waals surface area contributed by atoms with E-state index >= 15 is 0 Å².